The Morgan fingerprint density at radius 1 is 1.64 bits per heavy atom. The molecule has 0 aliphatic carbocycles. The third-order valence-corrected chi connectivity index (χ3v) is 1.07. The van der Waals surface area contributed by atoms with Crippen LogP contribution in [0.25, 0.3) is 0 Å². The van der Waals surface area contributed by atoms with E-state index in [0.29, 0.717) is 3.71 Å². The van der Waals surface area contributed by atoms with E-state index in [-0.39, 0.29) is 0 Å². The minimum Gasteiger partial charge on any atom is -0.464 e. The van der Waals surface area contributed by atoms with Crippen molar-refractivity contribution >= 4 is 31.7 Å². The molecule has 3 N–H and O–H groups in total. The highest BCUT2D eigenvalue weighted by Gasteiger charge is 1.95. The van der Waals surface area contributed by atoms with Crippen LogP contribution in [0.3, 0.4) is 0 Å². The van der Waals surface area contributed by atoms with Crippen LogP contribution in [0.5, 0.6) is 0 Å². The highest BCUT2D eigenvalue weighted by molar-refractivity contribution is 7.94. The van der Waals surface area contributed by atoms with Crippen LogP contribution in [0, 0.1) is 0 Å². The molecule has 0 spiro atoms. The summed E-state index contributed by atoms with van der Waals surface area (Å²) in [5.74, 6) is 0. The van der Waals surface area contributed by atoms with Gasteiger partial charge >= 0.3 is 6.09 Å². The highest BCUT2D eigenvalue weighted by atomic mass is 32.2. The molecular weight excluding hydrogens is 184 g/mol. The van der Waals surface area contributed by atoms with E-state index in [1.165, 1.54) is 12.8 Å². The predicted octanol–water partition coefficient (Wildman–Crippen LogP) is 1.40. The van der Waals surface area contributed by atoms with Gasteiger partial charge in [0.2, 0.25) is 0 Å². The second kappa shape index (κ2) is 9.93. The molecule has 0 aromatic carbocycles. The van der Waals surface area contributed by atoms with Gasteiger partial charge in [0, 0.05) is 0 Å². The number of nitrogens with two attached hydrogens (primary N) is 1. The van der Waals surface area contributed by atoms with Gasteiger partial charge in [-0.05, 0) is 38.6 Å². The van der Waals surface area contributed by atoms with Crippen LogP contribution in [0.2, 0.25) is 0 Å². The van der Waals surface area contributed by atoms with Crippen molar-refractivity contribution in [2.75, 3.05) is 6.54 Å². The summed E-state index contributed by atoms with van der Waals surface area (Å²) in [6.45, 7) is 2.98. The van der Waals surface area contributed by atoms with Crippen LogP contribution in [-0.4, -0.2) is 21.5 Å². The SMILES string of the molecule is CCCCN.O=C(O)N(S)S. The molecule has 0 fully saturated rings. The second-order valence-corrected chi connectivity index (χ2v) is 2.83. The molecule has 0 heterocycles. The highest BCUT2D eigenvalue weighted by Crippen LogP contribution is 1.94. The Kier molecular flexibility index (Phi) is 12.2. The van der Waals surface area contributed by atoms with Crippen LogP contribution in [-0.2, 0) is 0 Å². The molecule has 4 nitrogen and oxygen atoms in total. The van der Waals surface area contributed by atoms with Gasteiger partial charge in [0.15, 0.2) is 0 Å². The maximum Gasteiger partial charge on any atom is 0.427 e. The van der Waals surface area contributed by atoms with Crippen LogP contribution in [0.1, 0.15) is 19.8 Å². The van der Waals surface area contributed by atoms with Crippen molar-refractivity contribution in [2.45, 2.75) is 19.8 Å². The van der Waals surface area contributed by atoms with E-state index in [1.807, 2.05) is 0 Å². The molecule has 0 bridgehead atoms. The number of carboxylic acid groups (broad SMARTS) is 1. The average Bonchev–Trinajstić information content (AvgIpc) is 1.90. The number of nitrogens with zero attached hydrogens (tertiary/aromatic N) is 1. The molecule has 11 heavy (non-hydrogen) atoms. The zero-order chi connectivity index (χ0) is 9.28. The summed E-state index contributed by atoms with van der Waals surface area (Å²) in [7, 11) is 0. The molecule has 0 atom stereocenters. The van der Waals surface area contributed by atoms with E-state index in [0.717, 1.165) is 6.54 Å². The van der Waals surface area contributed by atoms with Crippen molar-refractivity contribution in [3.63, 3.8) is 0 Å². The van der Waals surface area contributed by atoms with Crippen molar-refractivity contribution in [1.29, 1.82) is 0 Å². The molecule has 1 amide bonds. The van der Waals surface area contributed by atoms with Crippen LogP contribution in [0.4, 0.5) is 4.79 Å². The smallest absolute Gasteiger partial charge is 0.427 e. The van der Waals surface area contributed by atoms with Crippen molar-refractivity contribution in [2.24, 2.45) is 5.73 Å². The van der Waals surface area contributed by atoms with E-state index in [4.69, 9.17) is 10.8 Å². The van der Waals surface area contributed by atoms with Crippen molar-refractivity contribution in [1.82, 2.24) is 3.71 Å². The van der Waals surface area contributed by atoms with E-state index >= 15 is 0 Å². The normalized spacial score (nSPS) is 8.00. The molecule has 0 aromatic rings. The molecule has 68 valence electrons. The first-order valence-electron chi connectivity index (χ1n) is 3.17. The molecule has 0 rings (SSSR count). The lowest BCUT2D eigenvalue weighted by Crippen LogP contribution is -2.05. The van der Waals surface area contributed by atoms with Crippen molar-refractivity contribution < 1.29 is 9.90 Å². The first kappa shape index (κ1) is 13.5. The minimum absolute atomic E-state index is 0.472. The zero-order valence-corrected chi connectivity index (χ0v) is 8.18. The number of hydrogen-bond donors (Lipinski definition) is 4. The summed E-state index contributed by atoms with van der Waals surface area (Å²) in [5, 5.41) is 7.76. The van der Waals surface area contributed by atoms with Crippen LogP contribution >= 0.6 is 25.6 Å². The standard InChI is InChI=1S/C4H11N.CH3NO2S2/c1-2-3-4-5;3-1(4)2(5)6/h2-5H2,1H3;5-6H,(H,3,4). The Morgan fingerprint density at radius 2 is 2.00 bits per heavy atom. The Bertz CT molecular complexity index is 98.5. The van der Waals surface area contributed by atoms with Gasteiger partial charge < -0.3 is 10.8 Å². The fraction of sp³-hybridized carbons (Fsp3) is 0.800. The first-order valence-corrected chi connectivity index (χ1v) is 3.97. The topological polar surface area (TPSA) is 66.6 Å². The molecular formula is C5H14N2O2S2. The molecule has 0 aliphatic heterocycles. The maximum absolute atomic E-state index is 9.47. The Balaban J connectivity index is 0. The van der Waals surface area contributed by atoms with E-state index in [1.54, 1.807) is 0 Å². The Labute approximate surface area is 77.8 Å². The number of rotatable bonds is 2. The number of carbonyl (C=O) groups is 1. The lowest BCUT2D eigenvalue weighted by atomic mass is 10.3. The van der Waals surface area contributed by atoms with E-state index in [9.17, 15) is 4.79 Å². The Morgan fingerprint density at radius 3 is 2.00 bits per heavy atom. The lowest BCUT2D eigenvalue weighted by Gasteiger charge is -1.95. The molecule has 0 unspecified atom stereocenters. The Hall–Kier alpha value is -0.0700. The minimum atomic E-state index is -1.18. The predicted molar refractivity (Wildman–Crippen MR) is 51.8 cm³/mol. The van der Waals surface area contributed by atoms with Gasteiger partial charge in [0.1, 0.15) is 0 Å². The monoisotopic (exact) mass is 198 g/mol. The fourth-order valence-electron chi connectivity index (χ4n) is 0.204. The van der Waals surface area contributed by atoms with E-state index in [2.05, 4.69) is 32.6 Å². The van der Waals surface area contributed by atoms with Gasteiger partial charge in [0.25, 0.3) is 0 Å². The summed E-state index contributed by atoms with van der Waals surface area (Å²) < 4.78 is 0.472. The third kappa shape index (κ3) is 17.8. The summed E-state index contributed by atoms with van der Waals surface area (Å²) >= 11 is 6.58. The quantitative estimate of drug-likeness (QED) is 0.507. The summed E-state index contributed by atoms with van der Waals surface area (Å²) in [4.78, 5) is 9.47. The average molecular weight is 198 g/mol. The van der Waals surface area contributed by atoms with Crippen molar-refractivity contribution in [3.8, 4) is 0 Å². The number of amides is 1. The van der Waals surface area contributed by atoms with Gasteiger partial charge in [-0.25, -0.2) is 4.79 Å². The molecule has 0 saturated carbocycles. The first-order chi connectivity index (χ1) is 5.06. The molecule has 0 radical (unpaired) electrons. The van der Waals surface area contributed by atoms with Gasteiger partial charge in [0.05, 0.1) is 0 Å². The lowest BCUT2D eigenvalue weighted by molar-refractivity contribution is 0.191. The van der Waals surface area contributed by atoms with Gasteiger partial charge in [-0.1, -0.05) is 13.3 Å². The van der Waals surface area contributed by atoms with E-state index < -0.39 is 6.09 Å². The molecule has 0 aliphatic rings. The number of hydrogen-bond acceptors (Lipinski definition) is 4. The zero-order valence-electron chi connectivity index (χ0n) is 6.40. The maximum atomic E-state index is 9.47. The van der Waals surface area contributed by atoms with Crippen LogP contribution < -0.4 is 5.73 Å². The summed E-state index contributed by atoms with van der Waals surface area (Å²) in [6.07, 6.45) is 1.21. The van der Waals surface area contributed by atoms with Gasteiger partial charge in [-0.3, -0.25) is 0 Å². The van der Waals surface area contributed by atoms with Crippen LogP contribution in [0.15, 0.2) is 0 Å². The summed E-state index contributed by atoms with van der Waals surface area (Å²) in [5.41, 5.74) is 5.14. The largest absolute Gasteiger partial charge is 0.464 e. The second-order valence-electron chi connectivity index (χ2n) is 1.71. The fourth-order valence-corrected chi connectivity index (χ4v) is 0.204. The molecule has 6 heteroatoms. The molecule has 0 saturated heterocycles. The summed E-state index contributed by atoms with van der Waals surface area (Å²) in [6, 6.07) is 0. The number of thiol groups is 2. The molecule has 0 aromatic heterocycles. The van der Waals surface area contributed by atoms with Gasteiger partial charge in [-0.2, -0.15) is 3.71 Å². The number of unbranched alkanes of at least 4 members (excludes halogenated alkanes) is 1. The van der Waals surface area contributed by atoms with Crippen molar-refractivity contribution in [3.05, 3.63) is 0 Å². The third-order valence-electron chi connectivity index (χ3n) is 0.729. The van der Waals surface area contributed by atoms with Gasteiger partial charge in [-0.15, -0.1) is 0 Å².